The molecule has 0 aromatic rings. The van der Waals surface area contributed by atoms with Crippen molar-refractivity contribution < 1.29 is 9.59 Å². The molecule has 146 valence electrons. The molecule has 2 N–H and O–H groups in total. The predicted octanol–water partition coefficient (Wildman–Crippen LogP) is 0.972. The molecule has 3 fully saturated rings. The van der Waals surface area contributed by atoms with Gasteiger partial charge in [0.25, 0.3) is 0 Å². The van der Waals surface area contributed by atoms with Crippen LogP contribution in [0, 0.1) is 11.8 Å². The number of carbonyl (C=O) groups excluding carboxylic acids is 2. The van der Waals surface area contributed by atoms with Gasteiger partial charge in [0.1, 0.15) is 0 Å². The monoisotopic (exact) mass is 394 g/mol. The molecule has 3 rings (SSSR count). The van der Waals surface area contributed by atoms with Crippen LogP contribution in [0.25, 0.3) is 0 Å². The number of likely N-dealkylation sites (tertiary alicyclic amines) is 1. The highest BCUT2D eigenvalue weighted by atomic mass is 35.5. The van der Waals surface area contributed by atoms with Crippen molar-refractivity contribution in [2.75, 3.05) is 52.4 Å². The van der Waals surface area contributed by atoms with Crippen LogP contribution in [0.3, 0.4) is 0 Å². The minimum Gasteiger partial charge on any atom is -0.339 e. The average molecular weight is 395 g/mol. The lowest BCUT2D eigenvalue weighted by Gasteiger charge is -2.37. The Balaban J connectivity index is 0.00000156. The van der Waals surface area contributed by atoms with E-state index in [-0.39, 0.29) is 42.5 Å². The van der Waals surface area contributed by atoms with Crippen molar-refractivity contribution in [1.29, 1.82) is 0 Å². The number of halogens is 2. The zero-order valence-electron chi connectivity index (χ0n) is 14.9. The molecule has 0 aromatic carbocycles. The lowest BCUT2D eigenvalue weighted by atomic mass is 9.94. The van der Waals surface area contributed by atoms with Gasteiger partial charge in [0, 0.05) is 32.1 Å². The van der Waals surface area contributed by atoms with E-state index in [9.17, 15) is 9.59 Å². The highest BCUT2D eigenvalue weighted by Gasteiger charge is 2.36. The smallest absolute Gasteiger partial charge is 0.236 e. The fourth-order valence-electron chi connectivity index (χ4n) is 4.29. The number of piperazine rings is 1. The van der Waals surface area contributed by atoms with Crippen molar-refractivity contribution in [3.63, 3.8) is 0 Å². The summed E-state index contributed by atoms with van der Waals surface area (Å²) in [5, 5.41) is 0. The van der Waals surface area contributed by atoms with Gasteiger partial charge in [-0.3, -0.25) is 14.5 Å². The summed E-state index contributed by atoms with van der Waals surface area (Å²) in [5.41, 5.74) is 5.80. The van der Waals surface area contributed by atoms with Crippen LogP contribution < -0.4 is 5.73 Å². The van der Waals surface area contributed by atoms with Crippen LogP contribution in [0.5, 0.6) is 0 Å². The first-order valence-electron chi connectivity index (χ1n) is 9.18. The summed E-state index contributed by atoms with van der Waals surface area (Å²) in [6, 6.07) is 0. The van der Waals surface area contributed by atoms with Crippen LogP contribution in [0.2, 0.25) is 0 Å². The molecule has 8 heteroatoms. The van der Waals surface area contributed by atoms with Crippen molar-refractivity contribution in [1.82, 2.24) is 14.7 Å². The number of hydrogen-bond acceptors (Lipinski definition) is 4. The minimum absolute atomic E-state index is 0. The first-order chi connectivity index (χ1) is 11.2. The van der Waals surface area contributed by atoms with E-state index in [2.05, 4.69) is 4.90 Å². The molecule has 1 saturated carbocycles. The van der Waals surface area contributed by atoms with E-state index in [0.717, 1.165) is 32.4 Å². The second-order valence-corrected chi connectivity index (χ2v) is 7.22. The molecule has 0 unspecified atom stereocenters. The summed E-state index contributed by atoms with van der Waals surface area (Å²) >= 11 is 0. The van der Waals surface area contributed by atoms with Crippen LogP contribution in [-0.4, -0.2) is 78.9 Å². The van der Waals surface area contributed by atoms with Gasteiger partial charge in [-0.05, 0) is 51.2 Å². The van der Waals surface area contributed by atoms with Crippen LogP contribution in [0.1, 0.15) is 32.1 Å². The third-order valence-electron chi connectivity index (χ3n) is 5.78. The van der Waals surface area contributed by atoms with E-state index in [1.54, 1.807) is 0 Å². The molecule has 2 saturated heterocycles. The SMILES string of the molecule is Cl.Cl.NC[C@H]1CCC[C@H]1C(=O)N1CCN(C(=O)CN2CCCC2)CC1. The number of nitrogens with two attached hydrogens (primary N) is 1. The molecule has 2 aliphatic heterocycles. The maximum Gasteiger partial charge on any atom is 0.236 e. The molecule has 6 nitrogen and oxygen atoms in total. The quantitative estimate of drug-likeness (QED) is 0.770. The van der Waals surface area contributed by atoms with Gasteiger partial charge >= 0.3 is 0 Å². The predicted molar refractivity (Wildman–Crippen MR) is 103 cm³/mol. The Kier molecular flexibility index (Phi) is 9.49. The van der Waals surface area contributed by atoms with Gasteiger partial charge < -0.3 is 15.5 Å². The summed E-state index contributed by atoms with van der Waals surface area (Å²) < 4.78 is 0. The van der Waals surface area contributed by atoms with Gasteiger partial charge in [0.05, 0.1) is 6.54 Å². The second kappa shape index (κ2) is 10.6. The molecule has 0 aromatic heterocycles. The summed E-state index contributed by atoms with van der Waals surface area (Å²) in [5.74, 6) is 0.966. The van der Waals surface area contributed by atoms with E-state index < -0.39 is 0 Å². The van der Waals surface area contributed by atoms with Crippen molar-refractivity contribution in [2.24, 2.45) is 17.6 Å². The van der Waals surface area contributed by atoms with Gasteiger partial charge in [0.2, 0.25) is 11.8 Å². The Bertz CT molecular complexity index is 438. The number of hydrogen-bond donors (Lipinski definition) is 1. The average Bonchev–Trinajstić information content (AvgIpc) is 3.25. The van der Waals surface area contributed by atoms with Gasteiger partial charge in [-0.15, -0.1) is 24.8 Å². The second-order valence-electron chi connectivity index (χ2n) is 7.22. The maximum absolute atomic E-state index is 12.7. The normalized spacial score (nSPS) is 26.9. The largest absolute Gasteiger partial charge is 0.339 e. The Hall–Kier alpha value is -0.560. The van der Waals surface area contributed by atoms with E-state index in [4.69, 9.17) is 5.73 Å². The molecule has 3 aliphatic rings. The maximum atomic E-state index is 12.7. The summed E-state index contributed by atoms with van der Waals surface area (Å²) in [4.78, 5) is 31.2. The van der Waals surface area contributed by atoms with Crippen molar-refractivity contribution >= 4 is 36.6 Å². The fourth-order valence-corrected chi connectivity index (χ4v) is 4.29. The van der Waals surface area contributed by atoms with Crippen LogP contribution in [0.4, 0.5) is 0 Å². The van der Waals surface area contributed by atoms with Crippen molar-refractivity contribution in [3.8, 4) is 0 Å². The Labute approximate surface area is 163 Å². The van der Waals surface area contributed by atoms with Gasteiger partial charge in [0.15, 0.2) is 0 Å². The van der Waals surface area contributed by atoms with Crippen LogP contribution in [0.15, 0.2) is 0 Å². The lowest BCUT2D eigenvalue weighted by molar-refractivity contribution is -0.143. The third kappa shape index (κ3) is 5.46. The van der Waals surface area contributed by atoms with Gasteiger partial charge in [-0.1, -0.05) is 6.42 Å². The summed E-state index contributed by atoms with van der Waals surface area (Å²) in [6.45, 7) is 5.97. The zero-order chi connectivity index (χ0) is 16.2. The number of nitrogens with zero attached hydrogens (tertiary/aromatic N) is 3. The van der Waals surface area contributed by atoms with E-state index in [1.807, 2.05) is 9.80 Å². The van der Waals surface area contributed by atoms with E-state index in [0.29, 0.717) is 45.2 Å². The molecule has 2 heterocycles. The molecule has 2 atom stereocenters. The fraction of sp³-hybridized carbons (Fsp3) is 0.882. The number of carbonyl (C=O) groups is 2. The first kappa shape index (κ1) is 22.5. The molecule has 25 heavy (non-hydrogen) atoms. The molecular weight excluding hydrogens is 363 g/mol. The van der Waals surface area contributed by atoms with Crippen molar-refractivity contribution in [3.05, 3.63) is 0 Å². The molecular formula is C17H32Cl2N4O2. The lowest BCUT2D eigenvalue weighted by Crippen LogP contribution is -2.54. The van der Waals surface area contributed by atoms with Gasteiger partial charge in [-0.2, -0.15) is 0 Å². The number of amides is 2. The highest BCUT2D eigenvalue weighted by molar-refractivity contribution is 5.85. The third-order valence-corrected chi connectivity index (χ3v) is 5.78. The Morgan fingerprint density at radius 3 is 2.04 bits per heavy atom. The van der Waals surface area contributed by atoms with Gasteiger partial charge in [-0.25, -0.2) is 0 Å². The first-order valence-corrected chi connectivity index (χ1v) is 9.18. The molecule has 1 aliphatic carbocycles. The standard InChI is InChI=1S/C17H30N4O2.2ClH/c18-12-14-4-3-5-15(14)17(23)21-10-8-20(9-11-21)16(22)13-19-6-1-2-7-19;;/h14-15H,1-13,18H2;2*1H/t14-,15-;;/m1../s1. The molecule has 0 bridgehead atoms. The Morgan fingerprint density at radius 2 is 1.44 bits per heavy atom. The van der Waals surface area contributed by atoms with Crippen LogP contribution >= 0.6 is 24.8 Å². The highest BCUT2D eigenvalue weighted by Crippen LogP contribution is 2.32. The van der Waals surface area contributed by atoms with E-state index >= 15 is 0 Å². The zero-order valence-corrected chi connectivity index (χ0v) is 16.5. The molecule has 0 radical (unpaired) electrons. The minimum atomic E-state index is 0. The van der Waals surface area contributed by atoms with E-state index in [1.165, 1.54) is 12.8 Å². The molecule has 2 amide bonds. The molecule has 0 spiro atoms. The van der Waals surface area contributed by atoms with Crippen molar-refractivity contribution in [2.45, 2.75) is 32.1 Å². The van der Waals surface area contributed by atoms with Crippen LogP contribution in [-0.2, 0) is 9.59 Å². The summed E-state index contributed by atoms with van der Waals surface area (Å²) in [7, 11) is 0. The summed E-state index contributed by atoms with van der Waals surface area (Å²) in [6.07, 6.45) is 5.60. The number of rotatable bonds is 4. The Morgan fingerprint density at radius 1 is 0.840 bits per heavy atom. The topological polar surface area (TPSA) is 69.9 Å².